The number of carbonyl (C=O) groups excluding carboxylic acids is 2. The number of benzene rings is 2. The molecule has 2 heterocycles. The Morgan fingerprint density at radius 3 is 2.18 bits per heavy atom. The largest absolute Gasteiger partial charge is 0.337 e. The predicted molar refractivity (Wildman–Crippen MR) is 159 cm³/mol. The van der Waals surface area contributed by atoms with E-state index in [4.69, 9.17) is 4.98 Å². The molecule has 0 spiro atoms. The molecule has 4 aromatic rings. The second kappa shape index (κ2) is 12.8. The van der Waals surface area contributed by atoms with Gasteiger partial charge in [0, 0.05) is 31.0 Å². The number of Topliss-reactive ketones (excluding diaryl/α,β-unsaturated/α-hetero) is 1. The van der Waals surface area contributed by atoms with Gasteiger partial charge in [-0.15, -0.1) is 22.7 Å². The number of amides is 1. The van der Waals surface area contributed by atoms with Crippen molar-refractivity contribution in [3.63, 3.8) is 0 Å². The fourth-order valence-corrected chi connectivity index (χ4v) is 7.10. The summed E-state index contributed by atoms with van der Waals surface area (Å²) < 4.78 is 23.4. The minimum atomic E-state index is -3.13. The number of likely N-dealkylation sites (N-methyl/N-ethyl adjacent to an activating group) is 1. The average Bonchev–Trinajstić information content (AvgIpc) is 3.59. The first-order valence-corrected chi connectivity index (χ1v) is 16.5. The maximum atomic E-state index is 13.9. The zero-order valence-electron chi connectivity index (χ0n) is 22.2. The number of thiophene rings is 1. The Balaban J connectivity index is 1.63. The molecule has 2 aromatic carbocycles. The van der Waals surface area contributed by atoms with Crippen LogP contribution in [0, 0.1) is 5.92 Å². The van der Waals surface area contributed by atoms with E-state index >= 15 is 0 Å². The molecule has 0 aliphatic carbocycles. The Hall–Kier alpha value is -3.14. The highest BCUT2D eigenvalue weighted by Gasteiger charge is 2.31. The summed E-state index contributed by atoms with van der Waals surface area (Å²) in [5.74, 6) is -0.620. The van der Waals surface area contributed by atoms with Crippen molar-refractivity contribution in [2.45, 2.75) is 38.0 Å². The van der Waals surface area contributed by atoms with E-state index in [0.29, 0.717) is 12.8 Å². The molecular weight excluding hydrogens is 549 g/mol. The molecule has 6 nitrogen and oxygen atoms in total. The summed E-state index contributed by atoms with van der Waals surface area (Å²) in [5.41, 5.74) is 3.49. The number of rotatable bonds is 12. The minimum absolute atomic E-state index is 0.0163. The normalized spacial score (nSPS) is 13.1. The molecule has 0 saturated heterocycles. The molecule has 0 fully saturated rings. The fraction of sp³-hybridized carbons (Fsp3) is 0.300. The van der Waals surface area contributed by atoms with Crippen LogP contribution >= 0.6 is 22.7 Å². The van der Waals surface area contributed by atoms with E-state index in [1.165, 1.54) is 13.2 Å². The highest BCUT2D eigenvalue weighted by Crippen LogP contribution is 2.33. The molecular formula is C30H32N2O4S3. The number of ketones is 1. The molecule has 39 heavy (non-hydrogen) atoms. The third-order valence-electron chi connectivity index (χ3n) is 6.50. The van der Waals surface area contributed by atoms with E-state index in [2.05, 4.69) is 0 Å². The van der Waals surface area contributed by atoms with Crippen molar-refractivity contribution >= 4 is 44.2 Å². The number of sulfone groups is 1. The topological polar surface area (TPSA) is 84.4 Å². The molecule has 0 bridgehead atoms. The summed E-state index contributed by atoms with van der Waals surface area (Å²) in [4.78, 5) is 33.8. The zero-order chi connectivity index (χ0) is 28.0. The number of hydrogen-bond donors (Lipinski definition) is 0. The quantitative estimate of drug-likeness (QED) is 0.205. The zero-order valence-corrected chi connectivity index (χ0v) is 24.7. The molecule has 0 N–H and O–H groups in total. The summed E-state index contributed by atoms with van der Waals surface area (Å²) in [6.45, 7) is 1.52. The lowest BCUT2D eigenvalue weighted by Crippen LogP contribution is -2.38. The van der Waals surface area contributed by atoms with Gasteiger partial charge in [-0.1, -0.05) is 60.7 Å². The van der Waals surface area contributed by atoms with E-state index in [1.54, 1.807) is 34.6 Å². The summed E-state index contributed by atoms with van der Waals surface area (Å²) in [7, 11) is -1.35. The van der Waals surface area contributed by atoms with Gasteiger partial charge in [-0.05, 0) is 47.9 Å². The molecule has 204 valence electrons. The van der Waals surface area contributed by atoms with E-state index in [-0.39, 0.29) is 29.9 Å². The van der Waals surface area contributed by atoms with Gasteiger partial charge in [0.15, 0.2) is 9.84 Å². The van der Waals surface area contributed by atoms with Crippen molar-refractivity contribution in [2.75, 3.05) is 13.3 Å². The monoisotopic (exact) mass is 580 g/mol. The molecule has 0 radical (unpaired) electrons. The van der Waals surface area contributed by atoms with Crippen molar-refractivity contribution in [1.29, 1.82) is 0 Å². The van der Waals surface area contributed by atoms with Crippen LogP contribution in [0.1, 0.15) is 41.8 Å². The third kappa shape index (κ3) is 8.17. The summed E-state index contributed by atoms with van der Waals surface area (Å²) >= 11 is 3.17. The number of hydrogen-bond acceptors (Lipinski definition) is 7. The number of nitrogens with zero attached hydrogens (tertiary/aromatic N) is 2. The second-order valence-electron chi connectivity index (χ2n) is 9.90. The van der Waals surface area contributed by atoms with Crippen LogP contribution in [-0.2, 0) is 38.0 Å². The third-order valence-corrected chi connectivity index (χ3v) is 9.26. The van der Waals surface area contributed by atoms with Crippen molar-refractivity contribution in [2.24, 2.45) is 5.92 Å². The first kappa shape index (κ1) is 28.9. The van der Waals surface area contributed by atoms with Gasteiger partial charge in [-0.2, -0.15) is 0 Å². The highest BCUT2D eigenvalue weighted by molar-refractivity contribution is 7.89. The molecule has 1 amide bonds. The van der Waals surface area contributed by atoms with Crippen LogP contribution < -0.4 is 0 Å². The highest BCUT2D eigenvalue weighted by atomic mass is 32.2. The Morgan fingerprint density at radius 2 is 1.56 bits per heavy atom. The second-order valence-corrected chi connectivity index (χ2v) is 13.8. The van der Waals surface area contributed by atoms with Crippen molar-refractivity contribution in [3.8, 4) is 9.88 Å². The summed E-state index contributed by atoms with van der Waals surface area (Å²) in [6, 6.07) is 20.9. The lowest BCUT2D eigenvalue weighted by Gasteiger charge is -2.31. The van der Waals surface area contributed by atoms with Crippen molar-refractivity contribution in [3.05, 3.63) is 99.9 Å². The number of aromatic nitrogens is 1. The van der Waals surface area contributed by atoms with Gasteiger partial charge in [-0.25, -0.2) is 13.4 Å². The predicted octanol–water partition coefficient (Wildman–Crippen LogP) is 6.00. The molecule has 2 aromatic heterocycles. The first-order chi connectivity index (χ1) is 18.6. The van der Waals surface area contributed by atoms with Crippen molar-refractivity contribution < 1.29 is 18.0 Å². The maximum absolute atomic E-state index is 13.9. The molecule has 9 heteroatoms. The van der Waals surface area contributed by atoms with Gasteiger partial charge < -0.3 is 9.69 Å². The Bertz CT molecular complexity index is 1500. The standard InChI is InChI=1S/C30H32N2O4S3/c1-21(33)16-25(17-22-8-5-4-6-9-22)30(34)32(2)27(26-19-38-29(31-26)28-10-7-15-37-28)18-23-11-13-24(14-12-23)20-39(3,35)36/h4-15,19,25,27H,16-18,20H2,1-3H3/t25-,27-/m0/s1. The molecule has 0 unspecified atom stereocenters. The lowest BCUT2D eigenvalue weighted by molar-refractivity contribution is -0.138. The smallest absolute Gasteiger partial charge is 0.226 e. The van der Waals surface area contributed by atoms with Crippen LogP contribution in [0.2, 0.25) is 0 Å². The summed E-state index contributed by atoms with van der Waals surface area (Å²) in [6.07, 6.45) is 2.38. The van der Waals surface area contributed by atoms with Crippen LogP contribution in [0.4, 0.5) is 0 Å². The average molecular weight is 581 g/mol. The van der Waals surface area contributed by atoms with Crippen LogP contribution in [0.15, 0.2) is 77.5 Å². The summed E-state index contributed by atoms with van der Waals surface area (Å²) in [5, 5.41) is 4.91. The van der Waals surface area contributed by atoms with E-state index in [0.717, 1.165) is 32.3 Å². The Kier molecular flexibility index (Phi) is 9.48. The molecule has 0 saturated carbocycles. The maximum Gasteiger partial charge on any atom is 0.226 e. The minimum Gasteiger partial charge on any atom is -0.337 e. The van der Waals surface area contributed by atoms with Gasteiger partial charge in [0.2, 0.25) is 5.91 Å². The fourth-order valence-electron chi connectivity index (χ4n) is 4.62. The van der Waals surface area contributed by atoms with Gasteiger partial charge in [0.25, 0.3) is 0 Å². The van der Waals surface area contributed by atoms with Gasteiger partial charge in [-0.3, -0.25) is 4.79 Å². The van der Waals surface area contributed by atoms with E-state index in [9.17, 15) is 18.0 Å². The number of carbonyl (C=O) groups is 2. The van der Waals surface area contributed by atoms with Crippen LogP contribution in [0.25, 0.3) is 9.88 Å². The van der Waals surface area contributed by atoms with Crippen LogP contribution in [-0.4, -0.2) is 43.3 Å². The molecule has 0 aliphatic rings. The molecule has 4 rings (SSSR count). The van der Waals surface area contributed by atoms with E-state index in [1.807, 2.05) is 77.5 Å². The lowest BCUT2D eigenvalue weighted by atomic mass is 9.92. The Morgan fingerprint density at radius 1 is 0.897 bits per heavy atom. The van der Waals surface area contributed by atoms with Crippen LogP contribution in [0.5, 0.6) is 0 Å². The van der Waals surface area contributed by atoms with Crippen molar-refractivity contribution in [1.82, 2.24) is 9.88 Å². The molecule has 0 aliphatic heterocycles. The van der Waals surface area contributed by atoms with Gasteiger partial charge >= 0.3 is 0 Å². The van der Waals surface area contributed by atoms with Crippen LogP contribution in [0.3, 0.4) is 0 Å². The molecule has 2 atom stereocenters. The SMILES string of the molecule is CC(=O)C[C@@H](Cc1ccccc1)C(=O)N(C)[C@@H](Cc1ccc(CS(C)(=O)=O)cc1)c1csc(-c2cccs2)n1. The first-order valence-electron chi connectivity index (χ1n) is 12.6. The number of thiazole rings is 1. The Labute approximate surface area is 238 Å². The van der Waals surface area contributed by atoms with Gasteiger partial charge in [0.05, 0.1) is 22.4 Å². The van der Waals surface area contributed by atoms with Gasteiger partial charge in [0.1, 0.15) is 10.8 Å². The van der Waals surface area contributed by atoms with E-state index < -0.39 is 15.8 Å².